The number of hydrogen-bond donors (Lipinski definition) is 0. The van der Waals surface area contributed by atoms with E-state index >= 15 is 0 Å². The third kappa shape index (κ3) is 2.67. The smallest absolute Gasteiger partial charge is 0.339 e. The van der Waals surface area contributed by atoms with Crippen LogP contribution >= 0.6 is 0 Å². The Bertz CT molecular complexity index is 934. The van der Waals surface area contributed by atoms with Gasteiger partial charge in [-0.25, -0.2) is 0 Å². The second-order valence-electron chi connectivity index (χ2n) is 7.04. The summed E-state index contributed by atoms with van der Waals surface area (Å²) in [5.41, 5.74) is -0.140. The summed E-state index contributed by atoms with van der Waals surface area (Å²) in [4.78, 5) is 7.71. The molecule has 2 atom stereocenters. The molecular formula is C19H16F3N3O. The SMILES string of the molecule is CC1(C)[C@@H](c2ccccc2)[C@@H]1c1nc(-c2cccnc2C(F)(F)F)no1. The fourth-order valence-electron chi connectivity index (χ4n) is 3.66. The van der Waals surface area contributed by atoms with Gasteiger partial charge in [0.2, 0.25) is 11.7 Å². The predicted octanol–water partition coefficient (Wildman–Crippen LogP) is 5.06. The van der Waals surface area contributed by atoms with E-state index in [9.17, 15) is 13.2 Å². The molecule has 0 saturated heterocycles. The number of aromatic nitrogens is 3. The quantitative estimate of drug-likeness (QED) is 0.656. The Balaban J connectivity index is 1.69. The van der Waals surface area contributed by atoms with Crippen molar-refractivity contribution in [2.45, 2.75) is 31.9 Å². The highest BCUT2D eigenvalue weighted by atomic mass is 19.4. The first-order chi connectivity index (χ1) is 12.3. The molecule has 2 aromatic heterocycles. The maximum atomic E-state index is 13.2. The first kappa shape index (κ1) is 16.8. The Labute approximate surface area is 148 Å². The molecule has 1 aliphatic rings. The molecule has 3 aromatic rings. The Morgan fingerprint density at radius 1 is 1.00 bits per heavy atom. The third-order valence-electron chi connectivity index (χ3n) is 5.01. The van der Waals surface area contributed by atoms with Crippen LogP contribution in [0.1, 0.15) is 42.8 Å². The number of alkyl halides is 3. The Morgan fingerprint density at radius 3 is 2.42 bits per heavy atom. The van der Waals surface area contributed by atoms with Crippen LogP contribution in [0.25, 0.3) is 11.4 Å². The second-order valence-corrected chi connectivity index (χ2v) is 7.04. The lowest BCUT2D eigenvalue weighted by Crippen LogP contribution is -2.10. The lowest BCUT2D eigenvalue weighted by atomic mass is 10.0. The highest BCUT2D eigenvalue weighted by molar-refractivity contribution is 5.58. The van der Waals surface area contributed by atoms with Crippen molar-refractivity contribution in [2.24, 2.45) is 5.41 Å². The second kappa shape index (κ2) is 5.65. The van der Waals surface area contributed by atoms with Gasteiger partial charge < -0.3 is 4.52 Å². The summed E-state index contributed by atoms with van der Waals surface area (Å²) in [7, 11) is 0. The molecule has 0 radical (unpaired) electrons. The summed E-state index contributed by atoms with van der Waals surface area (Å²) in [5.74, 6) is 0.427. The zero-order chi connectivity index (χ0) is 18.5. The number of nitrogens with zero attached hydrogens (tertiary/aromatic N) is 3. The van der Waals surface area contributed by atoms with Crippen LogP contribution in [0.4, 0.5) is 13.2 Å². The van der Waals surface area contributed by atoms with E-state index in [1.54, 1.807) is 0 Å². The van der Waals surface area contributed by atoms with Crippen LogP contribution < -0.4 is 0 Å². The summed E-state index contributed by atoms with van der Waals surface area (Å²) in [6.45, 7) is 4.18. The standard InChI is InChI=1S/C19H16F3N3O/c1-18(2)13(11-7-4-3-5-8-11)14(18)17-24-16(25-26-17)12-9-6-10-23-15(12)19(20,21)22/h3-10,13-14H,1-2H3/t13-,14+/m0/s1. The van der Waals surface area contributed by atoms with Crippen molar-refractivity contribution in [2.75, 3.05) is 0 Å². The lowest BCUT2D eigenvalue weighted by molar-refractivity contribution is -0.140. The molecule has 4 nitrogen and oxygen atoms in total. The molecule has 0 aliphatic heterocycles. The lowest BCUT2D eigenvalue weighted by Gasteiger charge is -2.08. The van der Waals surface area contributed by atoms with Crippen LogP contribution in [0.15, 0.2) is 53.2 Å². The molecule has 1 fully saturated rings. The minimum atomic E-state index is -4.58. The van der Waals surface area contributed by atoms with Crippen molar-refractivity contribution < 1.29 is 17.7 Å². The monoisotopic (exact) mass is 359 g/mol. The number of hydrogen-bond acceptors (Lipinski definition) is 4. The van der Waals surface area contributed by atoms with Crippen molar-refractivity contribution >= 4 is 0 Å². The maximum Gasteiger partial charge on any atom is 0.434 e. The Hall–Kier alpha value is -2.70. The van der Waals surface area contributed by atoms with Crippen molar-refractivity contribution in [3.05, 3.63) is 65.8 Å². The first-order valence-electron chi connectivity index (χ1n) is 8.21. The Kier molecular flexibility index (Phi) is 3.64. The van der Waals surface area contributed by atoms with Gasteiger partial charge in [0.15, 0.2) is 5.69 Å². The largest absolute Gasteiger partial charge is 0.434 e. The average Bonchev–Trinajstić information content (AvgIpc) is 2.95. The van der Waals surface area contributed by atoms with E-state index in [4.69, 9.17) is 4.52 Å². The van der Waals surface area contributed by atoms with Crippen molar-refractivity contribution in [3.8, 4) is 11.4 Å². The number of pyridine rings is 1. The van der Waals surface area contributed by atoms with Crippen LogP contribution in [0.2, 0.25) is 0 Å². The first-order valence-corrected chi connectivity index (χ1v) is 8.21. The third-order valence-corrected chi connectivity index (χ3v) is 5.01. The van der Waals surface area contributed by atoms with Gasteiger partial charge in [0, 0.05) is 12.1 Å². The van der Waals surface area contributed by atoms with Gasteiger partial charge in [-0.1, -0.05) is 49.3 Å². The topological polar surface area (TPSA) is 51.8 Å². The molecule has 1 aromatic carbocycles. The van der Waals surface area contributed by atoms with E-state index in [0.717, 1.165) is 11.8 Å². The molecule has 134 valence electrons. The van der Waals surface area contributed by atoms with Gasteiger partial charge in [0.1, 0.15) is 0 Å². The zero-order valence-electron chi connectivity index (χ0n) is 14.2. The van der Waals surface area contributed by atoms with Gasteiger partial charge >= 0.3 is 6.18 Å². The van der Waals surface area contributed by atoms with E-state index < -0.39 is 11.9 Å². The molecule has 0 unspecified atom stereocenters. The van der Waals surface area contributed by atoms with Crippen molar-refractivity contribution in [1.82, 2.24) is 15.1 Å². The predicted molar refractivity (Wildman–Crippen MR) is 88.2 cm³/mol. The van der Waals surface area contributed by atoms with Gasteiger partial charge in [-0.05, 0) is 23.1 Å². The molecule has 0 bridgehead atoms. The minimum Gasteiger partial charge on any atom is -0.339 e. The number of benzene rings is 1. The van der Waals surface area contributed by atoms with Gasteiger partial charge in [-0.3, -0.25) is 4.98 Å². The average molecular weight is 359 g/mol. The van der Waals surface area contributed by atoms with E-state index in [0.29, 0.717) is 5.89 Å². The van der Waals surface area contributed by atoms with Gasteiger partial charge in [0.05, 0.1) is 11.5 Å². The molecule has 4 rings (SSSR count). The molecule has 0 N–H and O–H groups in total. The molecular weight excluding hydrogens is 343 g/mol. The van der Waals surface area contributed by atoms with Gasteiger partial charge in [-0.15, -0.1) is 0 Å². The fraction of sp³-hybridized carbons (Fsp3) is 0.316. The molecule has 7 heteroatoms. The molecule has 26 heavy (non-hydrogen) atoms. The summed E-state index contributed by atoms with van der Waals surface area (Å²) in [6, 6.07) is 12.7. The van der Waals surface area contributed by atoms with E-state index in [-0.39, 0.29) is 28.6 Å². The van der Waals surface area contributed by atoms with Crippen LogP contribution in [0.5, 0.6) is 0 Å². The molecule has 2 heterocycles. The maximum absolute atomic E-state index is 13.2. The van der Waals surface area contributed by atoms with Gasteiger partial charge in [0.25, 0.3) is 0 Å². The van der Waals surface area contributed by atoms with Crippen LogP contribution in [0.3, 0.4) is 0 Å². The van der Waals surface area contributed by atoms with Crippen LogP contribution in [0, 0.1) is 5.41 Å². The number of halogens is 3. The molecule has 1 saturated carbocycles. The van der Waals surface area contributed by atoms with E-state index in [1.807, 2.05) is 30.3 Å². The molecule has 0 spiro atoms. The highest BCUT2D eigenvalue weighted by Crippen LogP contribution is 2.69. The van der Waals surface area contributed by atoms with Gasteiger partial charge in [-0.2, -0.15) is 18.2 Å². The summed E-state index contributed by atoms with van der Waals surface area (Å²) >= 11 is 0. The fourth-order valence-corrected chi connectivity index (χ4v) is 3.66. The number of rotatable bonds is 3. The van der Waals surface area contributed by atoms with Crippen molar-refractivity contribution in [1.29, 1.82) is 0 Å². The van der Waals surface area contributed by atoms with E-state index in [2.05, 4.69) is 29.0 Å². The van der Waals surface area contributed by atoms with Crippen molar-refractivity contribution in [3.63, 3.8) is 0 Å². The summed E-state index contributed by atoms with van der Waals surface area (Å²) in [6.07, 6.45) is -3.48. The van der Waals surface area contributed by atoms with E-state index in [1.165, 1.54) is 12.1 Å². The molecule has 1 aliphatic carbocycles. The zero-order valence-corrected chi connectivity index (χ0v) is 14.2. The van der Waals surface area contributed by atoms with Crippen LogP contribution in [-0.4, -0.2) is 15.1 Å². The van der Waals surface area contributed by atoms with Crippen LogP contribution in [-0.2, 0) is 6.18 Å². The minimum absolute atomic E-state index is 0.0304. The Morgan fingerprint density at radius 2 is 1.73 bits per heavy atom. The molecule has 0 amide bonds. The normalized spacial score (nSPS) is 21.6. The highest BCUT2D eigenvalue weighted by Gasteiger charge is 2.62. The summed E-state index contributed by atoms with van der Waals surface area (Å²) in [5, 5.41) is 3.79. The summed E-state index contributed by atoms with van der Waals surface area (Å²) < 4.78 is 44.9.